The third-order valence-electron chi connectivity index (χ3n) is 4.49. The molecule has 0 radical (unpaired) electrons. The Morgan fingerprint density at radius 3 is 2.56 bits per heavy atom. The first kappa shape index (κ1) is 17.5. The van der Waals surface area contributed by atoms with Crippen LogP contribution in [-0.2, 0) is 9.59 Å². The highest BCUT2D eigenvalue weighted by atomic mass is 16.7. The maximum atomic E-state index is 12.1. The summed E-state index contributed by atoms with van der Waals surface area (Å²) in [4.78, 5) is 28.3. The Bertz CT molecular complexity index is 639. The number of piperazine rings is 1. The number of amides is 2. The number of carbonyl (C=O) groups is 2. The van der Waals surface area contributed by atoms with Gasteiger partial charge in [-0.05, 0) is 12.1 Å². The SMILES string of the molecule is CC(C)C(=O)N1CCN(CCC(=O)Nc2ccc3c(c2)OCO3)CC1. The third kappa shape index (κ3) is 4.42. The lowest BCUT2D eigenvalue weighted by atomic mass is 10.1. The average molecular weight is 347 g/mol. The Morgan fingerprint density at radius 1 is 1.12 bits per heavy atom. The molecular weight excluding hydrogens is 322 g/mol. The molecule has 0 saturated carbocycles. The first-order valence-electron chi connectivity index (χ1n) is 8.73. The Labute approximate surface area is 147 Å². The molecule has 0 bridgehead atoms. The summed E-state index contributed by atoms with van der Waals surface area (Å²) in [7, 11) is 0. The summed E-state index contributed by atoms with van der Waals surface area (Å²) >= 11 is 0. The molecule has 0 aromatic heterocycles. The zero-order valence-electron chi connectivity index (χ0n) is 14.8. The van der Waals surface area contributed by atoms with Crippen molar-refractivity contribution in [3.63, 3.8) is 0 Å². The lowest BCUT2D eigenvalue weighted by Crippen LogP contribution is -2.50. The second kappa shape index (κ2) is 7.74. The van der Waals surface area contributed by atoms with Gasteiger partial charge in [-0.2, -0.15) is 0 Å². The molecule has 2 aliphatic heterocycles. The van der Waals surface area contributed by atoms with Gasteiger partial charge in [-0.3, -0.25) is 14.5 Å². The number of nitrogens with zero attached hydrogens (tertiary/aromatic N) is 2. The number of hydrogen-bond donors (Lipinski definition) is 1. The normalized spacial score (nSPS) is 17.0. The Morgan fingerprint density at radius 2 is 1.84 bits per heavy atom. The molecule has 25 heavy (non-hydrogen) atoms. The van der Waals surface area contributed by atoms with Crippen molar-refractivity contribution >= 4 is 17.5 Å². The highest BCUT2D eigenvalue weighted by molar-refractivity contribution is 5.91. The van der Waals surface area contributed by atoms with Crippen LogP contribution in [0.15, 0.2) is 18.2 Å². The second-order valence-corrected chi connectivity index (χ2v) is 6.69. The highest BCUT2D eigenvalue weighted by Crippen LogP contribution is 2.34. The molecule has 7 heteroatoms. The van der Waals surface area contributed by atoms with Gasteiger partial charge in [0.1, 0.15) is 0 Å². The topological polar surface area (TPSA) is 71.1 Å². The lowest BCUT2D eigenvalue weighted by molar-refractivity contribution is -0.136. The summed E-state index contributed by atoms with van der Waals surface area (Å²) in [6, 6.07) is 5.38. The van der Waals surface area contributed by atoms with Crippen molar-refractivity contribution in [2.75, 3.05) is 44.8 Å². The van der Waals surface area contributed by atoms with Crippen LogP contribution in [0.5, 0.6) is 11.5 Å². The van der Waals surface area contributed by atoms with Gasteiger partial charge in [-0.1, -0.05) is 13.8 Å². The highest BCUT2D eigenvalue weighted by Gasteiger charge is 2.23. The van der Waals surface area contributed by atoms with E-state index >= 15 is 0 Å². The fourth-order valence-electron chi connectivity index (χ4n) is 3.01. The van der Waals surface area contributed by atoms with Crippen LogP contribution in [-0.4, -0.2) is 61.1 Å². The third-order valence-corrected chi connectivity index (χ3v) is 4.49. The van der Waals surface area contributed by atoms with Gasteiger partial charge in [0.2, 0.25) is 18.6 Å². The van der Waals surface area contributed by atoms with E-state index in [1.165, 1.54) is 0 Å². The van der Waals surface area contributed by atoms with Gasteiger partial charge in [0.05, 0.1) is 0 Å². The molecule has 1 aromatic carbocycles. The van der Waals surface area contributed by atoms with Crippen LogP contribution in [0, 0.1) is 5.92 Å². The van der Waals surface area contributed by atoms with E-state index in [2.05, 4.69) is 10.2 Å². The summed E-state index contributed by atoms with van der Waals surface area (Å²) in [5.41, 5.74) is 0.710. The van der Waals surface area contributed by atoms with Gasteiger partial charge in [0, 0.05) is 56.8 Å². The van der Waals surface area contributed by atoms with Crippen molar-refractivity contribution in [1.82, 2.24) is 9.80 Å². The number of nitrogens with one attached hydrogen (secondary N) is 1. The van der Waals surface area contributed by atoms with Crippen molar-refractivity contribution in [3.05, 3.63) is 18.2 Å². The molecule has 0 spiro atoms. The molecule has 0 unspecified atom stereocenters. The number of fused-ring (bicyclic) bond motifs is 1. The number of ether oxygens (including phenoxy) is 2. The van der Waals surface area contributed by atoms with Gasteiger partial charge in [0.25, 0.3) is 0 Å². The monoisotopic (exact) mass is 347 g/mol. The Balaban J connectivity index is 1.40. The number of rotatable bonds is 5. The molecule has 136 valence electrons. The minimum Gasteiger partial charge on any atom is -0.454 e. The smallest absolute Gasteiger partial charge is 0.231 e. The van der Waals surface area contributed by atoms with Gasteiger partial charge < -0.3 is 19.7 Å². The molecule has 7 nitrogen and oxygen atoms in total. The van der Waals surface area contributed by atoms with Gasteiger partial charge in [-0.25, -0.2) is 0 Å². The van der Waals surface area contributed by atoms with Crippen molar-refractivity contribution in [1.29, 1.82) is 0 Å². The summed E-state index contributed by atoms with van der Waals surface area (Å²) in [6.07, 6.45) is 0.423. The molecular formula is C18H25N3O4. The number of benzene rings is 1. The van der Waals surface area contributed by atoms with Crippen molar-refractivity contribution in [2.45, 2.75) is 20.3 Å². The zero-order valence-corrected chi connectivity index (χ0v) is 14.8. The van der Waals surface area contributed by atoms with E-state index in [-0.39, 0.29) is 24.5 Å². The first-order valence-corrected chi connectivity index (χ1v) is 8.73. The fraction of sp³-hybridized carbons (Fsp3) is 0.556. The van der Waals surface area contributed by atoms with E-state index in [1.807, 2.05) is 24.8 Å². The maximum absolute atomic E-state index is 12.1. The fourth-order valence-corrected chi connectivity index (χ4v) is 3.01. The quantitative estimate of drug-likeness (QED) is 0.875. The Kier molecular flexibility index (Phi) is 5.43. The molecule has 0 aliphatic carbocycles. The molecule has 1 saturated heterocycles. The van der Waals surface area contributed by atoms with Crippen LogP contribution in [0.2, 0.25) is 0 Å². The van der Waals surface area contributed by atoms with E-state index in [0.717, 1.165) is 26.2 Å². The Hall–Kier alpha value is -2.28. The number of hydrogen-bond acceptors (Lipinski definition) is 5. The van der Waals surface area contributed by atoms with Gasteiger partial charge in [-0.15, -0.1) is 0 Å². The van der Waals surface area contributed by atoms with Gasteiger partial charge >= 0.3 is 0 Å². The van der Waals surface area contributed by atoms with Crippen molar-refractivity contribution in [2.24, 2.45) is 5.92 Å². The lowest BCUT2D eigenvalue weighted by Gasteiger charge is -2.35. The van der Waals surface area contributed by atoms with Gasteiger partial charge in [0.15, 0.2) is 11.5 Å². The van der Waals surface area contributed by atoms with Crippen LogP contribution in [0.25, 0.3) is 0 Å². The van der Waals surface area contributed by atoms with E-state index in [9.17, 15) is 9.59 Å². The van der Waals surface area contributed by atoms with E-state index in [1.54, 1.807) is 12.1 Å². The van der Waals surface area contributed by atoms with Crippen molar-refractivity contribution in [3.8, 4) is 11.5 Å². The molecule has 1 fully saturated rings. The van der Waals surface area contributed by atoms with E-state index in [4.69, 9.17) is 9.47 Å². The molecule has 3 rings (SSSR count). The largest absolute Gasteiger partial charge is 0.454 e. The van der Waals surface area contributed by atoms with Crippen LogP contribution >= 0.6 is 0 Å². The van der Waals surface area contributed by atoms with Crippen LogP contribution in [0.4, 0.5) is 5.69 Å². The zero-order chi connectivity index (χ0) is 17.8. The van der Waals surface area contributed by atoms with Crippen molar-refractivity contribution < 1.29 is 19.1 Å². The minimum atomic E-state index is -0.0282. The molecule has 0 atom stereocenters. The minimum absolute atomic E-state index is 0.0282. The maximum Gasteiger partial charge on any atom is 0.231 e. The van der Waals surface area contributed by atoms with Crippen LogP contribution in [0.3, 0.4) is 0 Å². The summed E-state index contributed by atoms with van der Waals surface area (Å²) in [6.45, 7) is 7.87. The van der Waals surface area contributed by atoms with Crippen LogP contribution < -0.4 is 14.8 Å². The molecule has 2 aliphatic rings. The molecule has 1 aromatic rings. The van der Waals surface area contributed by atoms with E-state index in [0.29, 0.717) is 30.2 Å². The first-order chi connectivity index (χ1) is 12.0. The van der Waals surface area contributed by atoms with Crippen LogP contribution in [0.1, 0.15) is 20.3 Å². The second-order valence-electron chi connectivity index (χ2n) is 6.69. The predicted molar refractivity (Wildman–Crippen MR) is 93.7 cm³/mol. The summed E-state index contributed by atoms with van der Waals surface area (Å²) < 4.78 is 10.6. The number of carbonyl (C=O) groups excluding carboxylic acids is 2. The predicted octanol–water partition coefficient (Wildman–Crippen LogP) is 1.54. The summed E-state index contributed by atoms with van der Waals surface area (Å²) in [5.74, 6) is 1.58. The summed E-state index contributed by atoms with van der Waals surface area (Å²) in [5, 5.41) is 2.89. The number of anilines is 1. The van der Waals surface area contributed by atoms with E-state index < -0.39 is 0 Å². The standard InChI is InChI=1S/C18H25N3O4/c1-13(2)18(23)21-9-7-20(8-10-21)6-5-17(22)19-14-3-4-15-16(11-14)25-12-24-15/h3-4,11,13H,5-10,12H2,1-2H3,(H,19,22). The molecule has 2 amide bonds. The molecule has 2 heterocycles. The average Bonchev–Trinajstić information content (AvgIpc) is 3.07. The molecule has 1 N–H and O–H groups in total.